The molecule has 0 bridgehead atoms. The van der Waals surface area contributed by atoms with Gasteiger partial charge in [-0.2, -0.15) is 0 Å². The van der Waals surface area contributed by atoms with Crippen molar-refractivity contribution in [3.8, 4) is 0 Å². The van der Waals surface area contributed by atoms with Gasteiger partial charge in [0.1, 0.15) is 0 Å². The molecule has 0 amide bonds. The van der Waals surface area contributed by atoms with Gasteiger partial charge in [0, 0.05) is 18.6 Å². The van der Waals surface area contributed by atoms with Crippen LogP contribution >= 0.6 is 0 Å². The van der Waals surface area contributed by atoms with Gasteiger partial charge in [-0.1, -0.05) is 57.0 Å². The number of rotatable bonds is 7. The third kappa shape index (κ3) is 4.32. The second kappa shape index (κ2) is 8.43. The van der Waals surface area contributed by atoms with Crippen LogP contribution in [0.2, 0.25) is 0 Å². The number of likely N-dealkylation sites (tertiary alicyclic amines) is 1. The Balaban J connectivity index is 2.02. The summed E-state index contributed by atoms with van der Waals surface area (Å²) in [4.78, 5) is 2.73. The SMILES string of the molecule is CCCC1CCCCN1CC(NCC)c1ccccc1. The van der Waals surface area contributed by atoms with Crippen LogP contribution in [-0.4, -0.2) is 30.6 Å². The van der Waals surface area contributed by atoms with E-state index in [4.69, 9.17) is 0 Å². The quantitative estimate of drug-likeness (QED) is 0.808. The summed E-state index contributed by atoms with van der Waals surface area (Å²) < 4.78 is 0. The van der Waals surface area contributed by atoms with Crippen LogP contribution in [0.3, 0.4) is 0 Å². The molecular formula is C18H30N2. The lowest BCUT2D eigenvalue weighted by Crippen LogP contribution is -2.44. The molecule has 1 fully saturated rings. The molecule has 1 saturated heterocycles. The minimum absolute atomic E-state index is 0.471. The maximum absolute atomic E-state index is 3.67. The summed E-state index contributed by atoms with van der Waals surface area (Å²) >= 11 is 0. The second-order valence-electron chi connectivity index (χ2n) is 5.95. The van der Waals surface area contributed by atoms with E-state index in [1.165, 1.54) is 44.2 Å². The predicted octanol–water partition coefficient (Wildman–Crippen LogP) is 3.99. The number of nitrogens with zero attached hydrogens (tertiary/aromatic N) is 1. The maximum Gasteiger partial charge on any atom is 0.0449 e. The molecule has 1 N–H and O–H groups in total. The summed E-state index contributed by atoms with van der Waals surface area (Å²) in [5.41, 5.74) is 1.43. The Morgan fingerprint density at radius 1 is 1.20 bits per heavy atom. The Labute approximate surface area is 124 Å². The van der Waals surface area contributed by atoms with Crippen LogP contribution in [0.5, 0.6) is 0 Å². The molecule has 2 rings (SSSR count). The summed E-state index contributed by atoms with van der Waals surface area (Å²) in [6.07, 6.45) is 6.83. The van der Waals surface area contributed by atoms with Gasteiger partial charge in [0.05, 0.1) is 0 Å². The minimum Gasteiger partial charge on any atom is -0.309 e. The number of hydrogen-bond donors (Lipinski definition) is 1. The third-order valence-electron chi connectivity index (χ3n) is 4.44. The number of hydrogen-bond acceptors (Lipinski definition) is 2. The van der Waals surface area contributed by atoms with Crippen LogP contribution in [-0.2, 0) is 0 Å². The van der Waals surface area contributed by atoms with E-state index in [9.17, 15) is 0 Å². The van der Waals surface area contributed by atoms with Gasteiger partial charge in [-0.15, -0.1) is 0 Å². The van der Waals surface area contributed by atoms with Gasteiger partial charge in [0.25, 0.3) is 0 Å². The summed E-state index contributed by atoms with van der Waals surface area (Å²) in [5.74, 6) is 0. The van der Waals surface area contributed by atoms with Gasteiger partial charge in [-0.05, 0) is 37.9 Å². The van der Waals surface area contributed by atoms with Crippen molar-refractivity contribution < 1.29 is 0 Å². The highest BCUT2D eigenvalue weighted by molar-refractivity contribution is 5.19. The Bertz CT molecular complexity index is 361. The van der Waals surface area contributed by atoms with Crippen molar-refractivity contribution in [2.45, 2.75) is 58.0 Å². The largest absolute Gasteiger partial charge is 0.309 e. The average Bonchev–Trinajstić information content (AvgIpc) is 2.50. The molecule has 0 aliphatic carbocycles. The molecule has 2 unspecified atom stereocenters. The van der Waals surface area contributed by atoms with Crippen LogP contribution < -0.4 is 5.32 Å². The standard InChI is InChI=1S/C18H30N2/c1-3-10-17-13-8-9-14-20(17)15-18(19-4-2)16-11-6-5-7-12-16/h5-7,11-12,17-19H,3-4,8-10,13-15H2,1-2H3. The van der Waals surface area contributed by atoms with Crippen LogP contribution in [0, 0.1) is 0 Å². The molecule has 0 aromatic heterocycles. The van der Waals surface area contributed by atoms with E-state index in [0.29, 0.717) is 6.04 Å². The minimum atomic E-state index is 0.471. The first-order chi connectivity index (χ1) is 9.85. The fourth-order valence-corrected chi connectivity index (χ4v) is 3.41. The van der Waals surface area contributed by atoms with Crippen LogP contribution in [0.15, 0.2) is 30.3 Å². The van der Waals surface area contributed by atoms with Crippen molar-refractivity contribution in [1.82, 2.24) is 10.2 Å². The highest BCUT2D eigenvalue weighted by atomic mass is 15.2. The molecule has 2 nitrogen and oxygen atoms in total. The Kier molecular flexibility index (Phi) is 6.55. The maximum atomic E-state index is 3.67. The number of piperidine rings is 1. The highest BCUT2D eigenvalue weighted by Gasteiger charge is 2.24. The Hall–Kier alpha value is -0.860. The summed E-state index contributed by atoms with van der Waals surface area (Å²) in [5, 5.41) is 3.67. The van der Waals surface area contributed by atoms with E-state index in [1.54, 1.807) is 0 Å². The number of nitrogens with one attached hydrogen (secondary N) is 1. The van der Waals surface area contributed by atoms with E-state index in [2.05, 4.69) is 54.4 Å². The van der Waals surface area contributed by atoms with Crippen LogP contribution in [0.4, 0.5) is 0 Å². The molecule has 20 heavy (non-hydrogen) atoms. The fourth-order valence-electron chi connectivity index (χ4n) is 3.41. The number of likely N-dealkylation sites (N-methyl/N-ethyl adjacent to an activating group) is 1. The molecule has 2 heteroatoms. The van der Waals surface area contributed by atoms with E-state index in [1.807, 2.05) is 0 Å². The van der Waals surface area contributed by atoms with Gasteiger partial charge >= 0.3 is 0 Å². The smallest absolute Gasteiger partial charge is 0.0449 e. The first-order valence-electron chi connectivity index (χ1n) is 8.37. The van der Waals surface area contributed by atoms with Gasteiger partial charge < -0.3 is 5.32 Å². The summed E-state index contributed by atoms with van der Waals surface area (Å²) in [6.45, 7) is 7.98. The van der Waals surface area contributed by atoms with Crippen molar-refractivity contribution in [2.24, 2.45) is 0 Å². The predicted molar refractivity (Wildman–Crippen MR) is 87.0 cm³/mol. The lowest BCUT2D eigenvalue weighted by Gasteiger charge is -2.38. The lowest BCUT2D eigenvalue weighted by molar-refractivity contribution is 0.125. The molecule has 2 atom stereocenters. The molecule has 0 saturated carbocycles. The Morgan fingerprint density at radius 3 is 2.70 bits per heavy atom. The van der Waals surface area contributed by atoms with Crippen molar-refractivity contribution in [3.05, 3.63) is 35.9 Å². The molecule has 112 valence electrons. The van der Waals surface area contributed by atoms with Gasteiger partial charge in [0.15, 0.2) is 0 Å². The van der Waals surface area contributed by atoms with Crippen molar-refractivity contribution in [2.75, 3.05) is 19.6 Å². The van der Waals surface area contributed by atoms with Gasteiger partial charge in [0.2, 0.25) is 0 Å². The van der Waals surface area contributed by atoms with Crippen molar-refractivity contribution >= 4 is 0 Å². The third-order valence-corrected chi connectivity index (χ3v) is 4.44. The lowest BCUT2D eigenvalue weighted by atomic mass is 9.96. The van der Waals surface area contributed by atoms with E-state index < -0.39 is 0 Å². The molecule has 1 aliphatic heterocycles. The van der Waals surface area contributed by atoms with Crippen molar-refractivity contribution in [1.29, 1.82) is 0 Å². The summed E-state index contributed by atoms with van der Waals surface area (Å²) in [6, 6.07) is 12.2. The first kappa shape index (κ1) is 15.5. The Morgan fingerprint density at radius 2 is 2.00 bits per heavy atom. The van der Waals surface area contributed by atoms with Gasteiger partial charge in [-0.25, -0.2) is 0 Å². The van der Waals surface area contributed by atoms with Crippen LogP contribution in [0.25, 0.3) is 0 Å². The molecule has 1 aromatic carbocycles. The first-order valence-corrected chi connectivity index (χ1v) is 8.37. The molecule has 0 spiro atoms. The van der Waals surface area contributed by atoms with Crippen molar-refractivity contribution in [3.63, 3.8) is 0 Å². The summed E-state index contributed by atoms with van der Waals surface area (Å²) in [7, 11) is 0. The van der Waals surface area contributed by atoms with Crippen LogP contribution in [0.1, 0.15) is 57.6 Å². The highest BCUT2D eigenvalue weighted by Crippen LogP contribution is 2.24. The average molecular weight is 274 g/mol. The van der Waals surface area contributed by atoms with E-state index in [-0.39, 0.29) is 0 Å². The van der Waals surface area contributed by atoms with Gasteiger partial charge in [-0.3, -0.25) is 4.90 Å². The zero-order valence-corrected chi connectivity index (χ0v) is 13.1. The monoisotopic (exact) mass is 274 g/mol. The molecule has 1 aromatic rings. The zero-order valence-electron chi connectivity index (χ0n) is 13.1. The molecule has 1 heterocycles. The normalized spacial score (nSPS) is 21.8. The fraction of sp³-hybridized carbons (Fsp3) is 0.667. The molecule has 0 radical (unpaired) electrons. The molecular weight excluding hydrogens is 244 g/mol. The van der Waals surface area contributed by atoms with E-state index >= 15 is 0 Å². The van der Waals surface area contributed by atoms with E-state index in [0.717, 1.165) is 19.1 Å². The second-order valence-corrected chi connectivity index (χ2v) is 5.95. The zero-order chi connectivity index (χ0) is 14.2. The molecule has 1 aliphatic rings. The number of benzene rings is 1. The topological polar surface area (TPSA) is 15.3 Å².